The normalized spacial score (nSPS) is 10.2. The van der Waals surface area contributed by atoms with Crippen molar-refractivity contribution in [3.63, 3.8) is 0 Å². The number of ether oxygens (including phenoxy) is 1. The van der Waals surface area contributed by atoms with Gasteiger partial charge in [-0.15, -0.1) is 0 Å². The Hall–Kier alpha value is -2.35. The van der Waals surface area contributed by atoms with Crippen LogP contribution in [0.15, 0.2) is 36.4 Å². The van der Waals surface area contributed by atoms with E-state index in [1.54, 1.807) is 0 Å². The van der Waals surface area contributed by atoms with Crippen LogP contribution in [0.25, 0.3) is 0 Å². The second kappa shape index (κ2) is 8.15. The van der Waals surface area contributed by atoms with Crippen LogP contribution in [0, 0.1) is 10.1 Å². The number of esters is 1. The van der Waals surface area contributed by atoms with E-state index in [-0.39, 0.29) is 27.0 Å². The number of carbonyl (C=O) groups is 2. The number of halogens is 3. The van der Waals surface area contributed by atoms with Crippen molar-refractivity contribution in [3.05, 3.63) is 67.1 Å². The Morgan fingerprint density at radius 1 is 1.08 bits per heavy atom. The van der Waals surface area contributed by atoms with E-state index in [0.29, 0.717) is 5.02 Å². The van der Waals surface area contributed by atoms with Crippen LogP contribution in [-0.2, 0) is 9.53 Å². The molecule has 2 aromatic carbocycles. The molecule has 2 aromatic rings. The van der Waals surface area contributed by atoms with Gasteiger partial charge < -0.3 is 10.1 Å². The highest BCUT2D eigenvalue weighted by atomic mass is 35.5. The third kappa shape index (κ3) is 5.06. The maximum Gasteiger partial charge on any atom is 0.340 e. The standard InChI is InChI=1S/C15H9Cl3N2O5/c16-8-1-3-10(11(18)5-8)15(22)25-7-14(21)19-12-4-2-9(17)6-13(12)20(23)24/h1-6H,7H2,(H,19,21). The van der Waals surface area contributed by atoms with Gasteiger partial charge in [0.15, 0.2) is 6.61 Å². The molecule has 0 aromatic heterocycles. The molecule has 0 saturated heterocycles. The molecule has 1 N–H and O–H groups in total. The van der Waals surface area contributed by atoms with Crippen LogP contribution in [0.4, 0.5) is 11.4 Å². The number of rotatable bonds is 5. The van der Waals surface area contributed by atoms with E-state index in [4.69, 9.17) is 39.5 Å². The topological polar surface area (TPSA) is 98.5 Å². The van der Waals surface area contributed by atoms with Gasteiger partial charge in [0.1, 0.15) is 5.69 Å². The maximum absolute atomic E-state index is 11.9. The Morgan fingerprint density at radius 3 is 2.36 bits per heavy atom. The minimum atomic E-state index is -0.831. The predicted octanol–water partition coefficient (Wildman–Crippen LogP) is 4.35. The van der Waals surface area contributed by atoms with Gasteiger partial charge in [-0.3, -0.25) is 14.9 Å². The summed E-state index contributed by atoms with van der Waals surface area (Å²) in [6.07, 6.45) is 0. The summed E-state index contributed by atoms with van der Waals surface area (Å²) in [7, 11) is 0. The third-order valence-electron chi connectivity index (χ3n) is 2.92. The van der Waals surface area contributed by atoms with Crippen molar-refractivity contribution in [2.45, 2.75) is 0 Å². The van der Waals surface area contributed by atoms with Crippen LogP contribution in [0.3, 0.4) is 0 Å². The lowest BCUT2D eigenvalue weighted by Crippen LogP contribution is -2.21. The molecule has 10 heteroatoms. The minimum Gasteiger partial charge on any atom is -0.452 e. The second-order valence-electron chi connectivity index (χ2n) is 4.67. The molecule has 0 aliphatic heterocycles. The summed E-state index contributed by atoms with van der Waals surface area (Å²) in [5.74, 6) is -1.59. The number of amides is 1. The molecule has 7 nitrogen and oxygen atoms in total. The first-order chi connectivity index (χ1) is 11.8. The molecule has 0 aliphatic rings. The van der Waals surface area contributed by atoms with Gasteiger partial charge in [0, 0.05) is 16.1 Å². The Labute approximate surface area is 156 Å². The number of anilines is 1. The summed E-state index contributed by atoms with van der Waals surface area (Å²) in [6.45, 7) is -0.655. The Kier molecular flexibility index (Phi) is 6.19. The van der Waals surface area contributed by atoms with E-state index in [2.05, 4.69) is 5.32 Å². The van der Waals surface area contributed by atoms with E-state index in [1.807, 2.05) is 0 Å². The smallest absolute Gasteiger partial charge is 0.340 e. The zero-order valence-electron chi connectivity index (χ0n) is 12.3. The number of nitrogens with one attached hydrogen (secondary N) is 1. The van der Waals surface area contributed by atoms with E-state index >= 15 is 0 Å². The number of hydrogen-bond acceptors (Lipinski definition) is 5. The number of benzene rings is 2. The van der Waals surface area contributed by atoms with E-state index in [0.717, 1.165) is 6.07 Å². The van der Waals surface area contributed by atoms with Gasteiger partial charge in [-0.05, 0) is 30.3 Å². The zero-order chi connectivity index (χ0) is 18.6. The molecule has 0 bridgehead atoms. The van der Waals surface area contributed by atoms with Crippen molar-refractivity contribution in [1.82, 2.24) is 0 Å². The Morgan fingerprint density at radius 2 is 1.72 bits per heavy atom. The molecule has 0 heterocycles. The predicted molar refractivity (Wildman–Crippen MR) is 93.5 cm³/mol. The fraction of sp³-hybridized carbons (Fsp3) is 0.0667. The van der Waals surface area contributed by atoms with Crippen molar-refractivity contribution >= 4 is 58.1 Å². The first-order valence-corrected chi connectivity index (χ1v) is 7.77. The van der Waals surface area contributed by atoms with Gasteiger partial charge in [-0.25, -0.2) is 4.79 Å². The number of nitrogens with zero attached hydrogens (tertiary/aromatic N) is 1. The van der Waals surface area contributed by atoms with Gasteiger partial charge in [0.25, 0.3) is 11.6 Å². The van der Waals surface area contributed by atoms with Crippen molar-refractivity contribution in [2.24, 2.45) is 0 Å². The molecule has 0 atom stereocenters. The quantitative estimate of drug-likeness (QED) is 0.454. The summed E-state index contributed by atoms with van der Waals surface area (Å²) < 4.78 is 4.83. The van der Waals surface area contributed by atoms with Gasteiger partial charge >= 0.3 is 5.97 Å². The molecule has 1 amide bonds. The van der Waals surface area contributed by atoms with Crippen LogP contribution in [0.2, 0.25) is 15.1 Å². The molecule has 0 unspecified atom stereocenters. The summed E-state index contributed by atoms with van der Waals surface area (Å²) in [6, 6.07) is 7.91. The summed E-state index contributed by atoms with van der Waals surface area (Å²) in [5, 5.41) is 13.8. The second-order valence-corrected chi connectivity index (χ2v) is 5.95. The lowest BCUT2D eigenvalue weighted by molar-refractivity contribution is -0.383. The van der Waals surface area contributed by atoms with E-state index in [1.165, 1.54) is 30.3 Å². The molecule has 0 spiro atoms. The Balaban J connectivity index is 2.01. The van der Waals surface area contributed by atoms with Gasteiger partial charge in [-0.1, -0.05) is 34.8 Å². The Bertz CT molecular complexity index is 857. The van der Waals surface area contributed by atoms with Crippen molar-refractivity contribution in [2.75, 3.05) is 11.9 Å². The first kappa shape index (κ1) is 19.0. The molecule has 2 rings (SSSR count). The maximum atomic E-state index is 11.9. The number of hydrogen-bond donors (Lipinski definition) is 1. The highest BCUT2D eigenvalue weighted by molar-refractivity contribution is 6.36. The van der Waals surface area contributed by atoms with Crippen LogP contribution >= 0.6 is 34.8 Å². The van der Waals surface area contributed by atoms with Crippen molar-refractivity contribution in [1.29, 1.82) is 0 Å². The summed E-state index contributed by atoms with van der Waals surface area (Å²) >= 11 is 17.3. The van der Waals surface area contributed by atoms with Gasteiger partial charge in [0.2, 0.25) is 0 Å². The first-order valence-electron chi connectivity index (χ1n) is 6.64. The largest absolute Gasteiger partial charge is 0.452 e. The zero-order valence-corrected chi connectivity index (χ0v) is 14.6. The summed E-state index contributed by atoms with van der Waals surface area (Å²) in [4.78, 5) is 34.0. The van der Waals surface area contributed by atoms with Crippen molar-refractivity contribution < 1.29 is 19.2 Å². The SMILES string of the molecule is O=C(COC(=O)c1ccc(Cl)cc1Cl)Nc1ccc(Cl)cc1[N+](=O)[O-]. The van der Waals surface area contributed by atoms with Crippen LogP contribution < -0.4 is 5.32 Å². The molecule has 0 saturated carbocycles. The molecule has 0 fully saturated rings. The lowest BCUT2D eigenvalue weighted by Gasteiger charge is -2.08. The van der Waals surface area contributed by atoms with Crippen LogP contribution in [0.1, 0.15) is 10.4 Å². The summed E-state index contributed by atoms with van der Waals surface area (Å²) in [5.41, 5.74) is -0.413. The molecule has 0 aliphatic carbocycles. The van der Waals surface area contributed by atoms with Crippen molar-refractivity contribution in [3.8, 4) is 0 Å². The average molecular weight is 404 g/mol. The molecule has 25 heavy (non-hydrogen) atoms. The van der Waals surface area contributed by atoms with E-state index < -0.39 is 23.4 Å². The van der Waals surface area contributed by atoms with E-state index in [9.17, 15) is 19.7 Å². The lowest BCUT2D eigenvalue weighted by atomic mass is 10.2. The molecule has 130 valence electrons. The van der Waals surface area contributed by atoms with Crippen LogP contribution in [0.5, 0.6) is 0 Å². The average Bonchev–Trinajstić information content (AvgIpc) is 2.54. The fourth-order valence-corrected chi connectivity index (χ4v) is 2.46. The molecular formula is C15H9Cl3N2O5. The number of nitro benzene ring substituents is 1. The number of carbonyl (C=O) groups excluding carboxylic acids is 2. The highest BCUT2D eigenvalue weighted by Gasteiger charge is 2.18. The van der Waals surface area contributed by atoms with Gasteiger partial charge in [-0.2, -0.15) is 0 Å². The third-order valence-corrected chi connectivity index (χ3v) is 3.70. The molecule has 0 radical (unpaired) electrons. The highest BCUT2D eigenvalue weighted by Crippen LogP contribution is 2.27. The minimum absolute atomic E-state index is 0.0383. The number of nitro groups is 1. The fourth-order valence-electron chi connectivity index (χ4n) is 1.81. The van der Waals surface area contributed by atoms with Crippen LogP contribution in [-0.4, -0.2) is 23.4 Å². The van der Waals surface area contributed by atoms with Gasteiger partial charge in [0.05, 0.1) is 15.5 Å². The molecular weight excluding hydrogens is 395 g/mol. The monoisotopic (exact) mass is 402 g/mol.